The fourth-order valence-electron chi connectivity index (χ4n) is 2.55. The van der Waals surface area contributed by atoms with Crippen LogP contribution in [0.5, 0.6) is 0 Å². The van der Waals surface area contributed by atoms with E-state index < -0.39 is 11.8 Å². The summed E-state index contributed by atoms with van der Waals surface area (Å²) in [6, 6.07) is 12.0. The lowest BCUT2D eigenvalue weighted by molar-refractivity contribution is 0.0696. The van der Waals surface area contributed by atoms with Crippen LogP contribution in [0.3, 0.4) is 0 Å². The van der Waals surface area contributed by atoms with Gasteiger partial charge in [-0.2, -0.15) is 0 Å². The number of carboxylic acid groups (broad SMARTS) is 1. The van der Waals surface area contributed by atoms with Crippen LogP contribution in [0.2, 0.25) is 0 Å². The number of fused-ring (bicyclic) bond motifs is 1. The summed E-state index contributed by atoms with van der Waals surface area (Å²) in [5, 5.41) is 10.0. The van der Waals surface area contributed by atoms with Gasteiger partial charge in [-0.1, -0.05) is 24.3 Å². The van der Waals surface area contributed by atoms with Crippen molar-refractivity contribution in [2.24, 2.45) is 0 Å². The van der Waals surface area contributed by atoms with Gasteiger partial charge >= 0.3 is 5.97 Å². The van der Waals surface area contributed by atoms with Crippen molar-refractivity contribution < 1.29 is 14.3 Å². The lowest BCUT2D eigenvalue weighted by Gasteiger charge is -2.07. The smallest absolute Gasteiger partial charge is 0.335 e. The molecule has 106 valence electrons. The number of rotatable bonds is 3. The molecule has 3 aromatic rings. The Labute approximate surface area is 121 Å². The topological polar surface area (TPSA) is 42.2 Å². The molecule has 0 atom stereocenters. The quantitative estimate of drug-likeness (QED) is 0.793. The van der Waals surface area contributed by atoms with E-state index in [-0.39, 0.29) is 5.56 Å². The minimum Gasteiger partial charge on any atom is -0.478 e. The van der Waals surface area contributed by atoms with Crippen molar-refractivity contribution in [3.8, 4) is 0 Å². The molecule has 0 amide bonds. The Hall–Kier alpha value is -2.62. The van der Waals surface area contributed by atoms with E-state index in [9.17, 15) is 9.18 Å². The molecule has 2 aromatic carbocycles. The van der Waals surface area contributed by atoms with Crippen LogP contribution in [0, 0.1) is 12.7 Å². The van der Waals surface area contributed by atoms with Crippen molar-refractivity contribution in [1.82, 2.24) is 4.57 Å². The Morgan fingerprint density at radius 3 is 2.71 bits per heavy atom. The van der Waals surface area contributed by atoms with E-state index >= 15 is 0 Å². The molecule has 3 rings (SSSR count). The van der Waals surface area contributed by atoms with E-state index in [1.807, 2.05) is 42.0 Å². The number of aryl methyl sites for hydroxylation is 1. The van der Waals surface area contributed by atoms with Gasteiger partial charge < -0.3 is 9.67 Å². The predicted octanol–water partition coefficient (Wildman–Crippen LogP) is 3.84. The van der Waals surface area contributed by atoms with Gasteiger partial charge in [-0.3, -0.25) is 0 Å². The molecule has 0 spiro atoms. The average molecular weight is 283 g/mol. The van der Waals surface area contributed by atoms with Gasteiger partial charge in [0.25, 0.3) is 0 Å². The van der Waals surface area contributed by atoms with Gasteiger partial charge in [0, 0.05) is 22.7 Å². The van der Waals surface area contributed by atoms with E-state index in [1.165, 1.54) is 12.1 Å². The van der Waals surface area contributed by atoms with Crippen molar-refractivity contribution >= 4 is 16.9 Å². The van der Waals surface area contributed by atoms with Crippen LogP contribution in [0.4, 0.5) is 4.39 Å². The number of carboxylic acids is 1. The molecule has 1 N–H and O–H groups in total. The SMILES string of the molecule is Cc1cn(Cc2ccc(C(=O)O)cc2F)c2ccccc12. The third kappa shape index (κ3) is 2.40. The number of hydrogen-bond acceptors (Lipinski definition) is 1. The van der Waals surface area contributed by atoms with Crippen LogP contribution < -0.4 is 0 Å². The van der Waals surface area contributed by atoms with Crippen LogP contribution in [-0.2, 0) is 6.54 Å². The van der Waals surface area contributed by atoms with E-state index in [0.717, 1.165) is 22.5 Å². The van der Waals surface area contributed by atoms with Crippen LogP contribution in [0.15, 0.2) is 48.7 Å². The molecule has 0 saturated carbocycles. The molecule has 0 aliphatic rings. The van der Waals surface area contributed by atoms with Crippen LogP contribution in [-0.4, -0.2) is 15.6 Å². The van der Waals surface area contributed by atoms with Gasteiger partial charge in [-0.25, -0.2) is 9.18 Å². The van der Waals surface area contributed by atoms with Crippen LogP contribution >= 0.6 is 0 Å². The summed E-state index contributed by atoms with van der Waals surface area (Å²) in [7, 11) is 0. The fourth-order valence-corrected chi connectivity index (χ4v) is 2.55. The van der Waals surface area contributed by atoms with Crippen molar-refractivity contribution in [3.63, 3.8) is 0 Å². The van der Waals surface area contributed by atoms with Gasteiger partial charge in [0.2, 0.25) is 0 Å². The second kappa shape index (κ2) is 5.05. The number of para-hydroxylation sites is 1. The van der Waals surface area contributed by atoms with Crippen molar-refractivity contribution in [1.29, 1.82) is 0 Å². The van der Waals surface area contributed by atoms with Crippen molar-refractivity contribution in [3.05, 3.63) is 71.2 Å². The highest BCUT2D eigenvalue weighted by molar-refractivity contribution is 5.87. The van der Waals surface area contributed by atoms with Gasteiger partial charge in [0.1, 0.15) is 5.82 Å². The second-order valence-corrected chi connectivity index (χ2v) is 5.07. The summed E-state index contributed by atoms with van der Waals surface area (Å²) in [6.45, 7) is 2.39. The van der Waals surface area contributed by atoms with Crippen molar-refractivity contribution in [2.75, 3.05) is 0 Å². The monoisotopic (exact) mass is 283 g/mol. The maximum atomic E-state index is 14.0. The minimum atomic E-state index is -1.12. The average Bonchev–Trinajstić information content (AvgIpc) is 2.78. The maximum Gasteiger partial charge on any atom is 0.335 e. The lowest BCUT2D eigenvalue weighted by Crippen LogP contribution is -2.03. The highest BCUT2D eigenvalue weighted by atomic mass is 19.1. The Bertz CT molecular complexity index is 836. The third-order valence-electron chi connectivity index (χ3n) is 3.63. The molecule has 0 radical (unpaired) electrons. The number of aromatic nitrogens is 1. The first-order valence-electron chi connectivity index (χ1n) is 6.62. The number of nitrogens with zero attached hydrogens (tertiary/aromatic N) is 1. The highest BCUT2D eigenvalue weighted by Crippen LogP contribution is 2.22. The first kappa shape index (κ1) is 13.4. The molecule has 3 nitrogen and oxygen atoms in total. The van der Waals surface area contributed by atoms with E-state index in [4.69, 9.17) is 5.11 Å². The van der Waals surface area contributed by atoms with Gasteiger partial charge in [0.15, 0.2) is 0 Å². The molecule has 0 unspecified atom stereocenters. The van der Waals surface area contributed by atoms with Gasteiger partial charge in [-0.05, 0) is 30.7 Å². The standard InChI is InChI=1S/C17H14FNO2/c1-11-9-19(16-5-3-2-4-14(11)16)10-13-7-6-12(17(20)21)8-15(13)18/h2-9H,10H2,1H3,(H,20,21). The van der Waals surface area contributed by atoms with E-state index in [0.29, 0.717) is 12.1 Å². The number of halogens is 1. The zero-order chi connectivity index (χ0) is 15.0. The predicted molar refractivity (Wildman–Crippen MR) is 79.1 cm³/mol. The summed E-state index contributed by atoms with van der Waals surface area (Å²) in [4.78, 5) is 10.8. The van der Waals surface area contributed by atoms with E-state index in [2.05, 4.69) is 0 Å². The molecule has 0 fully saturated rings. The minimum absolute atomic E-state index is 0.0372. The number of hydrogen-bond donors (Lipinski definition) is 1. The van der Waals surface area contributed by atoms with Gasteiger partial charge in [-0.15, -0.1) is 0 Å². The summed E-state index contributed by atoms with van der Waals surface area (Å²) in [5.74, 6) is -1.62. The summed E-state index contributed by atoms with van der Waals surface area (Å²) in [6.07, 6.45) is 1.98. The molecular weight excluding hydrogens is 269 g/mol. The van der Waals surface area contributed by atoms with Crippen LogP contribution in [0.1, 0.15) is 21.5 Å². The highest BCUT2D eigenvalue weighted by Gasteiger charge is 2.10. The molecule has 1 heterocycles. The molecule has 0 bridgehead atoms. The summed E-state index contributed by atoms with van der Waals surface area (Å²) in [5.41, 5.74) is 2.61. The van der Waals surface area contributed by atoms with Gasteiger partial charge in [0.05, 0.1) is 12.1 Å². The second-order valence-electron chi connectivity index (χ2n) is 5.07. The number of carbonyl (C=O) groups is 1. The molecule has 1 aromatic heterocycles. The Kier molecular flexibility index (Phi) is 3.22. The largest absolute Gasteiger partial charge is 0.478 e. The summed E-state index contributed by atoms with van der Waals surface area (Å²) >= 11 is 0. The Morgan fingerprint density at radius 1 is 1.24 bits per heavy atom. The zero-order valence-electron chi connectivity index (χ0n) is 11.5. The Balaban J connectivity index is 2.01. The third-order valence-corrected chi connectivity index (χ3v) is 3.63. The normalized spacial score (nSPS) is 11.0. The molecule has 0 aliphatic carbocycles. The zero-order valence-corrected chi connectivity index (χ0v) is 11.5. The molecular formula is C17H14FNO2. The molecule has 0 saturated heterocycles. The van der Waals surface area contributed by atoms with E-state index in [1.54, 1.807) is 0 Å². The molecule has 21 heavy (non-hydrogen) atoms. The van der Waals surface area contributed by atoms with Crippen molar-refractivity contribution in [2.45, 2.75) is 13.5 Å². The number of benzene rings is 2. The fraction of sp³-hybridized carbons (Fsp3) is 0.118. The summed E-state index contributed by atoms with van der Waals surface area (Å²) < 4.78 is 16.0. The first-order valence-corrected chi connectivity index (χ1v) is 6.62. The van der Waals surface area contributed by atoms with Crippen LogP contribution in [0.25, 0.3) is 10.9 Å². The first-order chi connectivity index (χ1) is 10.1. The Morgan fingerprint density at radius 2 is 2.00 bits per heavy atom. The molecule has 4 heteroatoms. The lowest BCUT2D eigenvalue weighted by atomic mass is 10.1. The molecule has 0 aliphatic heterocycles. The number of aromatic carboxylic acids is 1. The maximum absolute atomic E-state index is 14.0.